The van der Waals surface area contributed by atoms with Crippen LogP contribution in [-0.2, 0) is 20.9 Å². The van der Waals surface area contributed by atoms with Gasteiger partial charge >= 0.3 is 11.8 Å². The number of esters is 1. The quantitative estimate of drug-likeness (QED) is 0.614. The zero-order chi connectivity index (χ0) is 19.3. The first-order valence-corrected chi connectivity index (χ1v) is 9.28. The van der Waals surface area contributed by atoms with E-state index in [0.717, 1.165) is 0 Å². The van der Waals surface area contributed by atoms with Gasteiger partial charge in [0.05, 0.1) is 0 Å². The van der Waals surface area contributed by atoms with Crippen LogP contribution in [0.2, 0.25) is 0 Å². The van der Waals surface area contributed by atoms with Gasteiger partial charge in [0.1, 0.15) is 17.5 Å². The molecule has 1 aromatic heterocycles. The van der Waals surface area contributed by atoms with Crippen LogP contribution in [0.3, 0.4) is 0 Å². The van der Waals surface area contributed by atoms with Crippen LogP contribution < -0.4 is 11.6 Å². The molecule has 2 aliphatic heterocycles. The largest absolute Gasteiger partial charge is 0.519 e. The highest BCUT2D eigenvalue weighted by Crippen LogP contribution is 2.50. The Labute approximate surface area is 158 Å². The van der Waals surface area contributed by atoms with Crippen LogP contribution in [0, 0.1) is 0 Å². The van der Waals surface area contributed by atoms with E-state index in [2.05, 4.69) is 0 Å². The highest BCUT2D eigenvalue weighted by Gasteiger charge is 2.63. The molecule has 0 unspecified atom stereocenters. The summed E-state index contributed by atoms with van der Waals surface area (Å²) < 4.78 is 15.0. The summed E-state index contributed by atoms with van der Waals surface area (Å²) in [6, 6.07) is 7.56. The van der Waals surface area contributed by atoms with Crippen molar-refractivity contribution in [2.45, 2.75) is 42.7 Å². The predicted molar refractivity (Wildman–Crippen MR) is 96.5 cm³/mol. The second kappa shape index (κ2) is 6.28. The van der Waals surface area contributed by atoms with Gasteiger partial charge in [-0.15, -0.1) is 11.8 Å². The Balaban J connectivity index is 1.52. The Kier molecular flexibility index (Phi) is 4.15. The number of nitrogens with zero attached hydrogens (tertiary/aromatic N) is 1. The first-order valence-electron chi connectivity index (χ1n) is 8.40. The molecule has 0 spiro atoms. The minimum Gasteiger partial charge on any atom is -0.456 e. The minimum atomic E-state index is -0.874. The van der Waals surface area contributed by atoms with Crippen molar-refractivity contribution in [2.75, 3.05) is 0 Å². The number of carbonyl (C=O) groups excluding carboxylic acids is 2. The average molecular weight is 390 g/mol. The molecule has 0 saturated carbocycles. The zero-order valence-corrected chi connectivity index (χ0v) is 15.5. The summed E-state index contributed by atoms with van der Waals surface area (Å²) in [5.41, 5.74) is 6.45. The van der Waals surface area contributed by atoms with Crippen molar-refractivity contribution < 1.29 is 23.2 Å². The van der Waals surface area contributed by atoms with Gasteiger partial charge in [-0.25, -0.2) is 9.59 Å². The molecule has 2 aliphatic rings. The average Bonchev–Trinajstić information content (AvgIpc) is 3.15. The molecular formula is C18H18N2O6S. The third kappa shape index (κ3) is 2.87. The fourth-order valence-electron chi connectivity index (χ4n) is 3.45. The van der Waals surface area contributed by atoms with Gasteiger partial charge in [0.15, 0.2) is 18.1 Å². The van der Waals surface area contributed by atoms with Crippen LogP contribution in [0.4, 0.5) is 0 Å². The monoisotopic (exact) mass is 390 g/mol. The molecule has 1 aromatic carbocycles. The first kappa shape index (κ1) is 17.9. The third-order valence-corrected chi connectivity index (χ3v) is 6.32. The first-order chi connectivity index (χ1) is 12.8. The van der Waals surface area contributed by atoms with E-state index in [9.17, 15) is 14.4 Å². The molecule has 3 atom stereocenters. The van der Waals surface area contributed by atoms with Gasteiger partial charge < -0.3 is 24.2 Å². The second-order valence-corrected chi connectivity index (χ2v) is 8.74. The van der Waals surface area contributed by atoms with Gasteiger partial charge in [-0.05, 0) is 13.8 Å². The molecule has 27 heavy (non-hydrogen) atoms. The molecule has 2 N–H and O–H groups in total. The smallest absolute Gasteiger partial charge is 0.456 e. The molecule has 4 rings (SSSR count). The maximum absolute atomic E-state index is 12.7. The van der Waals surface area contributed by atoms with Gasteiger partial charge in [-0.1, -0.05) is 30.3 Å². The summed E-state index contributed by atoms with van der Waals surface area (Å²) in [5, 5.41) is -0.225. The summed E-state index contributed by atoms with van der Waals surface area (Å²) in [4.78, 5) is 37.8. The molecule has 3 heterocycles. The van der Waals surface area contributed by atoms with Crippen molar-refractivity contribution in [1.82, 2.24) is 4.90 Å². The molecule has 0 aliphatic carbocycles. The fourth-order valence-corrected chi connectivity index (χ4v) is 5.01. The molecule has 2 aromatic rings. The molecule has 2 saturated heterocycles. The third-order valence-electron chi connectivity index (χ3n) is 4.73. The van der Waals surface area contributed by atoms with E-state index < -0.39 is 28.6 Å². The standard InChI is InChI=1S/C18H18N2O6S/c1-18(2)13(20-14(21)11(19)15(20)27-18)16(22)24-8-10-12(26-17(23)25-10)9-6-4-3-5-7-9/h3-7,11,13,15H,8,19H2,1-2H3/t11-,13+,15-/m1/s1. The lowest BCUT2D eigenvalue weighted by Gasteiger charge is -2.41. The van der Waals surface area contributed by atoms with Crippen molar-refractivity contribution in [3.8, 4) is 11.3 Å². The number of amides is 1. The van der Waals surface area contributed by atoms with E-state index in [0.29, 0.717) is 5.56 Å². The molecule has 0 radical (unpaired) electrons. The molecule has 8 nitrogen and oxygen atoms in total. The lowest BCUT2D eigenvalue weighted by Crippen LogP contribution is -2.68. The van der Waals surface area contributed by atoms with Crippen LogP contribution in [0.1, 0.15) is 19.6 Å². The van der Waals surface area contributed by atoms with Crippen molar-refractivity contribution in [3.05, 3.63) is 46.7 Å². The highest BCUT2D eigenvalue weighted by molar-refractivity contribution is 8.01. The number of hydrogen-bond acceptors (Lipinski definition) is 8. The van der Waals surface area contributed by atoms with Crippen molar-refractivity contribution in [1.29, 1.82) is 0 Å². The van der Waals surface area contributed by atoms with Crippen molar-refractivity contribution >= 4 is 23.6 Å². The van der Waals surface area contributed by atoms with E-state index in [4.69, 9.17) is 19.3 Å². The maximum Gasteiger partial charge on any atom is 0.519 e. The molecule has 9 heteroatoms. The fraction of sp³-hybridized carbons (Fsp3) is 0.389. The lowest BCUT2D eigenvalue weighted by atomic mass is 9.96. The second-order valence-electron chi connectivity index (χ2n) is 6.97. The summed E-state index contributed by atoms with van der Waals surface area (Å²) in [7, 11) is 0. The van der Waals surface area contributed by atoms with E-state index in [1.165, 1.54) is 16.7 Å². The number of β-lactam (4-membered cyclic amide) rings is 1. The zero-order valence-electron chi connectivity index (χ0n) is 14.7. The Morgan fingerprint density at radius 1 is 1.26 bits per heavy atom. The Morgan fingerprint density at radius 2 is 1.96 bits per heavy atom. The van der Waals surface area contributed by atoms with E-state index in [-0.39, 0.29) is 29.4 Å². The minimum absolute atomic E-state index is 0.117. The van der Waals surface area contributed by atoms with Crippen molar-refractivity contribution in [3.63, 3.8) is 0 Å². The van der Waals surface area contributed by atoms with Gasteiger partial charge in [0.25, 0.3) is 0 Å². The van der Waals surface area contributed by atoms with E-state index in [1.54, 1.807) is 24.3 Å². The SMILES string of the molecule is CC1(C)S[C@@H]2[C@H](N)C(=O)N2[C@H]1C(=O)OCc1oc(=O)oc1-c1ccccc1. The number of thioether (sulfide) groups is 1. The van der Waals surface area contributed by atoms with E-state index >= 15 is 0 Å². The molecule has 142 valence electrons. The molecular weight excluding hydrogens is 372 g/mol. The van der Waals surface area contributed by atoms with Crippen LogP contribution in [0.25, 0.3) is 11.3 Å². The summed E-state index contributed by atoms with van der Waals surface area (Å²) in [6.45, 7) is 3.47. The predicted octanol–water partition coefficient (Wildman–Crippen LogP) is 1.33. The Morgan fingerprint density at radius 3 is 2.67 bits per heavy atom. The van der Waals surface area contributed by atoms with E-state index in [1.807, 2.05) is 19.9 Å². The van der Waals surface area contributed by atoms with Crippen LogP contribution in [0.5, 0.6) is 0 Å². The Hall–Kier alpha value is -2.52. The highest BCUT2D eigenvalue weighted by atomic mass is 32.2. The van der Waals surface area contributed by atoms with Gasteiger partial charge in [0.2, 0.25) is 5.91 Å². The number of hydrogen-bond donors (Lipinski definition) is 1. The van der Waals surface area contributed by atoms with Gasteiger partial charge in [-0.3, -0.25) is 4.79 Å². The summed E-state index contributed by atoms with van der Waals surface area (Å²) in [6.07, 6.45) is 0. The summed E-state index contributed by atoms with van der Waals surface area (Å²) in [5.74, 6) is -1.38. The van der Waals surface area contributed by atoms with Crippen LogP contribution in [-0.4, -0.2) is 39.0 Å². The van der Waals surface area contributed by atoms with Crippen LogP contribution in [0.15, 0.2) is 44.0 Å². The van der Waals surface area contributed by atoms with Crippen LogP contribution >= 0.6 is 11.8 Å². The van der Waals surface area contributed by atoms with Gasteiger partial charge in [-0.2, -0.15) is 0 Å². The topological polar surface area (TPSA) is 116 Å². The normalized spacial score (nSPS) is 25.8. The molecule has 2 fully saturated rings. The Bertz CT molecular complexity index is 950. The number of ether oxygens (including phenoxy) is 1. The number of benzene rings is 1. The van der Waals surface area contributed by atoms with Gasteiger partial charge in [0, 0.05) is 10.3 Å². The molecule has 0 bridgehead atoms. The number of fused-ring (bicyclic) bond motifs is 1. The number of nitrogens with two attached hydrogens (primary N) is 1. The van der Waals surface area contributed by atoms with Crippen molar-refractivity contribution in [2.24, 2.45) is 5.73 Å². The maximum atomic E-state index is 12.7. The number of carbonyl (C=O) groups is 2. The summed E-state index contributed by atoms with van der Waals surface area (Å²) >= 11 is 1.48. The number of rotatable bonds is 4. The lowest BCUT2D eigenvalue weighted by molar-refractivity contribution is -0.164. The molecule has 1 amide bonds.